The van der Waals surface area contributed by atoms with Gasteiger partial charge in [0.2, 0.25) is 5.91 Å². The lowest BCUT2D eigenvalue weighted by Gasteiger charge is -2.38. The molecule has 2 aliphatic rings. The Morgan fingerprint density at radius 2 is 1.68 bits per heavy atom. The summed E-state index contributed by atoms with van der Waals surface area (Å²) in [7, 11) is 0. The molecule has 164 valence electrons. The summed E-state index contributed by atoms with van der Waals surface area (Å²) in [5, 5.41) is 4.29. The minimum atomic E-state index is -0.395. The Labute approximate surface area is 181 Å². The third-order valence-corrected chi connectivity index (χ3v) is 6.20. The lowest BCUT2D eigenvalue weighted by Crippen LogP contribution is -2.52. The van der Waals surface area contributed by atoms with Gasteiger partial charge in [-0.2, -0.15) is 5.10 Å². The van der Waals surface area contributed by atoms with Gasteiger partial charge in [-0.1, -0.05) is 6.42 Å². The minimum Gasteiger partial charge on any atom is -0.462 e. The molecular weight excluding hydrogens is 396 g/mol. The van der Waals surface area contributed by atoms with Crippen LogP contribution in [0.25, 0.3) is 5.69 Å². The quantitative estimate of drug-likeness (QED) is 0.689. The maximum atomic E-state index is 12.9. The number of ether oxygens (including phenoxy) is 1. The largest absolute Gasteiger partial charge is 0.462 e. The van der Waals surface area contributed by atoms with E-state index >= 15 is 0 Å². The molecular formula is C23H28N4O4. The van der Waals surface area contributed by atoms with Crippen molar-refractivity contribution in [1.82, 2.24) is 19.6 Å². The normalized spacial score (nSPS) is 16.7. The highest BCUT2D eigenvalue weighted by molar-refractivity contribution is 5.94. The third-order valence-electron chi connectivity index (χ3n) is 6.20. The van der Waals surface area contributed by atoms with E-state index in [1.54, 1.807) is 28.6 Å². The predicted molar refractivity (Wildman–Crippen MR) is 114 cm³/mol. The fourth-order valence-corrected chi connectivity index (χ4v) is 4.05. The van der Waals surface area contributed by atoms with Crippen LogP contribution in [0, 0.1) is 12.8 Å². The minimum absolute atomic E-state index is 0.0355. The highest BCUT2D eigenvalue weighted by Gasteiger charge is 2.32. The molecule has 2 heterocycles. The van der Waals surface area contributed by atoms with Crippen LogP contribution in [0.15, 0.2) is 30.5 Å². The topological polar surface area (TPSA) is 84.7 Å². The van der Waals surface area contributed by atoms with Crippen LogP contribution < -0.4 is 0 Å². The van der Waals surface area contributed by atoms with Gasteiger partial charge in [-0.3, -0.25) is 9.59 Å². The Bertz CT molecular complexity index is 970. The summed E-state index contributed by atoms with van der Waals surface area (Å²) >= 11 is 0. The van der Waals surface area contributed by atoms with Crippen LogP contribution in [0.1, 0.15) is 52.6 Å². The number of hydrogen-bond acceptors (Lipinski definition) is 5. The first-order valence-corrected chi connectivity index (χ1v) is 10.9. The Morgan fingerprint density at radius 3 is 2.26 bits per heavy atom. The number of rotatable bonds is 5. The van der Waals surface area contributed by atoms with E-state index in [-0.39, 0.29) is 17.7 Å². The van der Waals surface area contributed by atoms with Crippen LogP contribution in [-0.4, -0.2) is 70.1 Å². The number of esters is 1. The zero-order valence-electron chi connectivity index (χ0n) is 18.0. The third kappa shape index (κ3) is 4.19. The van der Waals surface area contributed by atoms with Crippen molar-refractivity contribution in [3.8, 4) is 5.69 Å². The second kappa shape index (κ2) is 8.91. The Balaban J connectivity index is 1.39. The highest BCUT2D eigenvalue weighted by Crippen LogP contribution is 2.28. The molecule has 0 N–H and O–H groups in total. The monoisotopic (exact) mass is 424 g/mol. The van der Waals surface area contributed by atoms with Crippen molar-refractivity contribution in [2.45, 2.75) is 33.1 Å². The molecule has 8 heteroatoms. The summed E-state index contributed by atoms with van der Waals surface area (Å²) in [6.45, 7) is 6.19. The van der Waals surface area contributed by atoms with Crippen molar-refractivity contribution in [3.63, 3.8) is 0 Å². The smallest absolute Gasteiger partial charge is 0.341 e. The summed E-state index contributed by atoms with van der Waals surface area (Å²) in [5.41, 5.74) is 2.47. The summed E-state index contributed by atoms with van der Waals surface area (Å²) in [5.74, 6) is 0.0176. The van der Waals surface area contributed by atoms with E-state index in [2.05, 4.69) is 5.10 Å². The second-order valence-electron chi connectivity index (χ2n) is 8.07. The molecule has 0 bridgehead atoms. The molecule has 1 saturated carbocycles. The molecule has 1 aromatic carbocycles. The first kappa shape index (κ1) is 21.1. The van der Waals surface area contributed by atoms with Crippen molar-refractivity contribution < 1.29 is 19.1 Å². The zero-order valence-corrected chi connectivity index (χ0v) is 18.0. The molecule has 1 saturated heterocycles. The van der Waals surface area contributed by atoms with Gasteiger partial charge in [-0.15, -0.1) is 0 Å². The lowest BCUT2D eigenvalue weighted by atomic mass is 9.84. The molecule has 8 nitrogen and oxygen atoms in total. The van der Waals surface area contributed by atoms with Crippen LogP contribution in [0.2, 0.25) is 0 Å². The number of carbonyl (C=O) groups is 3. The molecule has 1 aliphatic heterocycles. The van der Waals surface area contributed by atoms with E-state index in [4.69, 9.17) is 4.74 Å². The molecule has 0 radical (unpaired) electrons. The van der Waals surface area contributed by atoms with Crippen LogP contribution in [-0.2, 0) is 9.53 Å². The summed E-state index contributed by atoms with van der Waals surface area (Å²) in [4.78, 5) is 41.0. The Morgan fingerprint density at radius 1 is 1.03 bits per heavy atom. The maximum absolute atomic E-state index is 12.9. The summed E-state index contributed by atoms with van der Waals surface area (Å²) in [6.07, 6.45) is 4.65. The van der Waals surface area contributed by atoms with Gasteiger partial charge in [-0.25, -0.2) is 9.48 Å². The maximum Gasteiger partial charge on any atom is 0.341 e. The van der Waals surface area contributed by atoms with Gasteiger partial charge in [0.1, 0.15) is 5.56 Å². The van der Waals surface area contributed by atoms with E-state index in [1.807, 2.05) is 24.0 Å². The number of amides is 2. The molecule has 0 atom stereocenters. The van der Waals surface area contributed by atoms with Gasteiger partial charge in [0.25, 0.3) is 5.91 Å². The SMILES string of the molecule is CCOC(=O)c1cnn(-c2ccc(C(=O)N3CCN(C(=O)C4CCC4)CC3)cc2)c1C. The fraction of sp³-hybridized carbons (Fsp3) is 0.478. The van der Waals surface area contributed by atoms with Crippen molar-refractivity contribution in [1.29, 1.82) is 0 Å². The molecule has 2 amide bonds. The van der Waals surface area contributed by atoms with Gasteiger partial charge in [0.05, 0.1) is 24.2 Å². The lowest BCUT2D eigenvalue weighted by molar-refractivity contribution is -0.139. The molecule has 31 heavy (non-hydrogen) atoms. The van der Waals surface area contributed by atoms with Gasteiger partial charge >= 0.3 is 5.97 Å². The zero-order chi connectivity index (χ0) is 22.0. The number of benzene rings is 1. The van der Waals surface area contributed by atoms with E-state index in [0.717, 1.165) is 24.9 Å². The average molecular weight is 425 g/mol. The Kier molecular flexibility index (Phi) is 6.06. The van der Waals surface area contributed by atoms with Crippen LogP contribution >= 0.6 is 0 Å². The first-order valence-electron chi connectivity index (χ1n) is 10.9. The molecule has 2 fully saturated rings. The number of aromatic nitrogens is 2. The number of carbonyl (C=O) groups excluding carboxylic acids is 3. The molecule has 0 spiro atoms. The van der Waals surface area contributed by atoms with Gasteiger partial charge < -0.3 is 14.5 Å². The summed E-state index contributed by atoms with van der Waals surface area (Å²) < 4.78 is 6.71. The van der Waals surface area contributed by atoms with E-state index in [0.29, 0.717) is 49.6 Å². The molecule has 1 aromatic heterocycles. The molecule has 0 unspecified atom stereocenters. The van der Waals surface area contributed by atoms with Crippen LogP contribution in [0.5, 0.6) is 0 Å². The summed E-state index contributed by atoms with van der Waals surface area (Å²) in [6, 6.07) is 7.18. The molecule has 4 rings (SSSR count). The molecule has 2 aromatic rings. The number of hydrogen-bond donors (Lipinski definition) is 0. The first-order chi connectivity index (χ1) is 15.0. The number of nitrogens with zero attached hydrogens (tertiary/aromatic N) is 4. The van der Waals surface area contributed by atoms with E-state index in [1.165, 1.54) is 6.20 Å². The predicted octanol–water partition coefficient (Wildman–Crippen LogP) is 2.44. The molecule has 1 aliphatic carbocycles. The van der Waals surface area contributed by atoms with Crippen molar-refractivity contribution in [3.05, 3.63) is 47.3 Å². The van der Waals surface area contributed by atoms with E-state index < -0.39 is 5.97 Å². The second-order valence-corrected chi connectivity index (χ2v) is 8.07. The van der Waals surface area contributed by atoms with Crippen LogP contribution in [0.4, 0.5) is 0 Å². The average Bonchev–Trinajstić information content (AvgIpc) is 3.14. The van der Waals surface area contributed by atoms with Crippen molar-refractivity contribution in [2.75, 3.05) is 32.8 Å². The van der Waals surface area contributed by atoms with Crippen LogP contribution in [0.3, 0.4) is 0 Å². The highest BCUT2D eigenvalue weighted by atomic mass is 16.5. The van der Waals surface area contributed by atoms with Crippen molar-refractivity contribution in [2.24, 2.45) is 5.92 Å². The van der Waals surface area contributed by atoms with E-state index in [9.17, 15) is 14.4 Å². The van der Waals surface area contributed by atoms with Crippen molar-refractivity contribution >= 4 is 17.8 Å². The Hall–Kier alpha value is -3.16. The van der Waals surface area contributed by atoms with Gasteiger partial charge in [0, 0.05) is 37.7 Å². The van der Waals surface area contributed by atoms with Gasteiger partial charge in [0.15, 0.2) is 0 Å². The number of piperazine rings is 1. The van der Waals surface area contributed by atoms with Gasteiger partial charge in [-0.05, 0) is 51.0 Å². The standard InChI is InChI=1S/C23H28N4O4/c1-3-31-23(30)20-15-24-27(16(20)2)19-9-7-18(8-10-19)22(29)26-13-11-25(12-14-26)21(28)17-5-4-6-17/h7-10,15,17H,3-6,11-14H2,1-2H3. The fourth-order valence-electron chi connectivity index (χ4n) is 4.05.